The number of nitrogens with one attached hydrogen (secondary N) is 1. The van der Waals surface area contributed by atoms with Crippen LogP contribution in [-0.4, -0.2) is 11.0 Å². The van der Waals surface area contributed by atoms with Gasteiger partial charge in [0.05, 0.1) is 6.04 Å². The molecule has 2 nitrogen and oxygen atoms in total. The predicted molar refractivity (Wildman–Crippen MR) is 83.5 cm³/mol. The molecule has 0 amide bonds. The lowest BCUT2D eigenvalue weighted by molar-refractivity contribution is 0.155. The molecule has 0 aliphatic heterocycles. The zero-order chi connectivity index (χ0) is 13.9. The quantitative estimate of drug-likeness (QED) is 0.858. The number of aromatic nitrogens is 1. The number of hydrogen-bond acceptors (Lipinski definition) is 3. The molecule has 0 bridgehead atoms. The van der Waals surface area contributed by atoms with Crippen molar-refractivity contribution in [2.24, 2.45) is 11.3 Å². The molecule has 1 aromatic heterocycles. The minimum Gasteiger partial charge on any atom is -0.305 e. The van der Waals surface area contributed by atoms with E-state index in [0.717, 1.165) is 12.3 Å². The van der Waals surface area contributed by atoms with Gasteiger partial charge in [0.15, 0.2) is 0 Å². The van der Waals surface area contributed by atoms with Crippen LogP contribution in [0.4, 0.5) is 0 Å². The van der Waals surface area contributed by atoms with Crippen molar-refractivity contribution in [1.29, 1.82) is 0 Å². The summed E-state index contributed by atoms with van der Waals surface area (Å²) in [6.07, 6.45) is 8.44. The SMILES string of the molecule is CCC(NC1CCC(C(C)(C)C)CC1)c1nccs1. The van der Waals surface area contributed by atoms with E-state index in [0.29, 0.717) is 17.5 Å². The summed E-state index contributed by atoms with van der Waals surface area (Å²) in [6, 6.07) is 1.14. The second-order valence-electron chi connectivity index (χ2n) is 6.91. The third-order valence-corrected chi connectivity index (χ3v) is 5.44. The Morgan fingerprint density at radius 3 is 2.47 bits per heavy atom. The van der Waals surface area contributed by atoms with Gasteiger partial charge in [0.25, 0.3) is 0 Å². The fourth-order valence-electron chi connectivity index (χ4n) is 3.18. The van der Waals surface area contributed by atoms with Crippen LogP contribution in [0, 0.1) is 11.3 Å². The van der Waals surface area contributed by atoms with Gasteiger partial charge in [-0.15, -0.1) is 11.3 Å². The summed E-state index contributed by atoms with van der Waals surface area (Å²) in [4.78, 5) is 4.46. The summed E-state index contributed by atoms with van der Waals surface area (Å²) in [5.41, 5.74) is 0.477. The van der Waals surface area contributed by atoms with Crippen LogP contribution in [0.25, 0.3) is 0 Å². The van der Waals surface area contributed by atoms with Gasteiger partial charge in [-0.3, -0.25) is 0 Å². The van der Waals surface area contributed by atoms with Crippen LogP contribution < -0.4 is 5.32 Å². The first-order valence-electron chi connectivity index (χ1n) is 7.66. The Labute approximate surface area is 122 Å². The maximum Gasteiger partial charge on any atom is 0.109 e. The maximum absolute atomic E-state index is 4.46. The van der Waals surface area contributed by atoms with Crippen LogP contribution >= 0.6 is 11.3 Å². The first-order chi connectivity index (χ1) is 9.00. The molecule has 3 heteroatoms. The van der Waals surface area contributed by atoms with Gasteiger partial charge < -0.3 is 5.32 Å². The number of rotatable bonds is 4. The molecule has 1 heterocycles. The predicted octanol–water partition coefficient (Wildman–Crippen LogP) is 4.79. The molecule has 1 aliphatic rings. The molecule has 1 N–H and O–H groups in total. The summed E-state index contributed by atoms with van der Waals surface area (Å²) in [5.74, 6) is 0.894. The summed E-state index contributed by atoms with van der Waals surface area (Å²) >= 11 is 1.78. The second kappa shape index (κ2) is 6.36. The van der Waals surface area contributed by atoms with Crippen LogP contribution in [0.5, 0.6) is 0 Å². The van der Waals surface area contributed by atoms with Crippen molar-refractivity contribution in [1.82, 2.24) is 10.3 Å². The van der Waals surface area contributed by atoms with Crippen molar-refractivity contribution in [3.8, 4) is 0 Å². The van der Waals surface area contributed by atoms with Crippen molar-refractivity contribution in [2.75, 3.05) is 0 Å². The van der Waals surface area contributed by atoms with Crippen LogP contribution in [-0.2, 0) is 0 Å². The summed E-state index contributed by atoms with van der Waals surface area (Å²) in [7, 11) is 0. The average Bonchev–Trinajstić information content (AvgIpc) is 2.89. The molecular formula is C16H28N2S. The number of thiazole rings is 1. The van der Waals surface area contributed by atoms with E-state index in [4.69, 9.17) is 0 Å². The van der Waals surface area contributed by atoms with Crippen LogP contribution in [0.3, 0.4) is 0 Å². The molecule has 0 saturated heterocycles. The fourth-order valence-corrected chi connectivity index (χ4v) is 3.96. The van der Waals surface area contributed by atoms with E-state index >= 15 is 0 Å². The third-order valence-electron chi connectivity index (χ3n) is 4.55. The fraction of sp³-hybridized carbons (Fsp3) is 0.812. The van der Waals surface area contributed by atoms with E-state index in [2.05, 4.69) is 43.4 Å². The highest BCUT2D eigenvalue weighted by Crippen LogP contribution is 2.38. The van der Waals surface area contributed by atoms with E-state index in [1.165, 1.54) is 30.7 Å². The zero-order valence-corrected chi connectivity index (χ0v) is 13.6. The Bertz CT molecular complexity index is 359. The van der Waals surface area contributed by atoms with Gasteiger partial charge >= 0.3 is 0 Å². The topological polar surface area (TPSA) is 24.9 Å². The van der Waals surface area contributed by atoms with Crippen LogP contribution in [0.1, 0.15) is 70.8 Å². The molecule has 1 aliphatic carbocycles. The van der Waals surface area contributed by atoms with Gasteiger partial charge in [0.2, 0.25) is 0 Å². The van der Waals surface area contributed by atoms with Crippen molar-refractivity contribution in [2.45, 2.75) is 71.9 Å². The summed E-state index contributed by atoms with van der Waals surface area (Å²) in [6.45, 7) is 9.40. The molecule has 19 heavy (non-hydrogen) atoms. The van der Waals surface area contributed by atoms with Gasteiger partial charge in [0.1, 0.15) is 5.01 Å². The van der Waals surface area contributed by atoms with Gasteiger partial charge in [-0.05, 0) is 43.4 Å². The van der Waals surface area contributed by atoms with E-state index in [1.807, 2.05) is 6.20 Å². The molecule has 1 fully saturated rings. The lowest BCUT2D eigenvalue weighted by atomic mass is 9.71. The lowest BCUT2D eigenvalue weighted by Crippen LogP contribution is -2.38. The normalized spacial score (nSPS) is 26.3. The number of hydrogen-bond donors (Lipinski definition) is 1. The average molecular weight is 280 g/mol. The van der Waals surface area contributed by atoms with Crippen LogP contribution in [0.2, 0.25) is 0 Å². The van der Waals surface area contributed by atoms with Crippen molar-refractivity contribution in [3.05, 3.63) is 16.6 Å². The highest BCUT2D eigenvalue weighted by atomic mass is 32.1. The minimum absolute atomic E-state index is 0.455. The largest absolute Gasteiger partial charge is 0.305 e. The molecule has 1 atom stereocenters. The van der Waals surface area contributed by atoms with Gasteiger partial charge in [-0.25, -0.2) is 4.98 Å². The molecule has 2 rings (SSSR count). The van der Waals surface area contributed by atoms with E-state index in [-0.39, 0.29) is 0 Å². The monoisotopic (exact) mass is 280 g/mol. The smallest absolute Gasteiger partial charge is 0.109 e. The Kier molecular flexibility index (Phi) is 5.02. The van der Waals surface area contributed by atoms with E-state index < -0.39 is 0 Å². The highest BCUT2D eigenvalue weighted by Gasteiger charge is 2.30. The first kappa shape index (κ1) is 15.0. The maximum atomic E-state index is 4.46. The molecule has 1 saturated carbocycles. The first-order valence-corrected chi connectivity index (χ1v) is 8.54. The molecule has 1 aromatic rings. The highest BCUT2D eigenvalue weighted by molar-refractivity contribution is 7.09. The van der Waals surface area contributed by atoms with Gasteiger partial charge in [-0.1, -0.05) is 27.7 Å². The van der Waals surface area contributed by atoms with Crippen LogP contribution in [0.15, 0.2) is 11.6 Å². The van der Waals surface area contributed by atoms with E-state index in [9.17, 15) is 0 Å². The molecular weight excluding hydrogens is 252 g/mol. The Morgan fingerprint density at radius 2 is 2.00 bits per heavy atom. The summed E-state index contributed by atoms with van der Waals surface area (Å²) in [5, 5.41) is 7.16. The molecule has 0 spiro atoms. The zero-order valence-electron chi connectivity index (χ0n) is 12.8. The molecule has 0 aromatic carbocycles. The Hall–Kier alpha value is -0.410. The molecule has 108 valence electrons. The van der Waals surface area contributed by atoms with Crippen molar-refractivity contribution in [3.63, 3.8) is 0 Å². The van der Waals surface area contributed by atoms with Gasteiger partial charge in [0, 0.05) is 17.6 Å². The Balaban J connectivity index is 1.85. The number of nitrogens with zero attached hydrogens (tertiary/aromatic N) is 1. The van der Waals surface area contributed by atoms with Crippen molar-refractivity contribution >= 4 is 11.3 Å². The third kappa shape index (κ3) is 4.03. The molecule has 1 unspecified atom stereocenters. The van der Waals surface area contributed by atoms with Gasteiger partial charge in [-0.2, -0.15) is 0 Å². The van der Waals surface area contributed by atoms with Crippen molar-refractivity contribution < 1.29 is 0 Å². The minimum atomic E-state index is 0.455. The second-order valence-corrected chi connectivity index (χ2v) is 7.84. The Morgan fingerprint density at radius 1 is 1.32 bits per heavy atom. The van der Waals surface area contributed by atoms with E-state index in [1.54, 1.807) is 11.3 Å². The molecule has 0 radical (unpaired) electrons. The summed E-state index contributed by atoms with van der Waals surface area (Å²) < 4.78 is 0. The standard InChI is InChI=1S/C16H28N2S/c1-5-14(15-17-10-11-19-15)18-13-8-6-12(7-9-13)16(2,3)4/h10-14,18H,5-9H2,1-4H3. The lowest BCUT2D eigenvalue weighted by Gasteiger charge is -2.38.